The first-order valence-electron chi connectivity index (χ1n) is 9.32. The third kappa shape index (κ3) is 3.94. The molecule has 0 aliphatic carbocycles. The highest BCUT2D eigenvalue weighted by molar-refractivity contribution is 6.35. The lowest BCUT2D eigenvalue weighted by Gasteiger charge is -2.22. The van der Waals surface area contributed by atoms with Crippen LogP contribution in [0.4, 0.5) is 11.6 Å². The Kier molecular flexibility index (Phi) is 5.46. The van der Waals surface area contributed by atoms with E-state index in [0.717, 1.165) is 22.3 Å². The second-order valence-electron chi connectivity index (χ2n) is 6.93. The number of imidazole rings is 1. The number of aromatic amines is 1. The summed E-state index contributed by atoms with van der Waals surface area (Å²) in [6.07, 6.45) is 3.11. The van der Waals surface area contributed by atoms with Gasteiger partial charge in [-0.2, -0.15) is 0 Å². The molecule has 0 fully saturated rings. The molecule has 0 aliphatic rings. The van der Waals surface area contributed by atoms with Crippen molar-refractivity contribution in [2.75, 3.05) is 24.4 Å². The second-order valence-corrected chi connectivity index (χ2v) is 7.33. The summed E-state index contributed by atoms with van der Waals surface area (Å²) in [6, 6.07) is 7.84. The van der Waals surface area contributed by atoms with Crippen LogP contribution in [0.2, 0.25) is 5.02 Å². The minimum Gasteiger partial charge on any atom is -0.383 e. The number of anilines is 2. The minimum absolute atomic E-state index is 0.0792. The maximum atomic E-state index is 6.38. The number of para-hydroxylation sites is 1. The number of H-pyrrole nitrogens is 1. The Bertz CT molecular complexity index is 1150. The van der Waals surface area contributed by atoms with Crippen LogP contribution in [0.3, 0.4) is 0 Å². The van der Waals surface area contributed by atoms with Crippen LogP contribution in [0, 0.1) is 0 Å². The Balaban J connectivity index is 1.74. The summed E-state index contributed by atoms with van der Waals surface area (Å²) >= 11 is 6.38. The van der Waals surface area contributed by atoms with Crippen molar-refractivity contribution >= 4 is 45.3 Å². The van der Waals surface area contributed by atoms with Gasteiger partial charge in [-0.1, -0.05) is 23.7 Å². The highest BCUT2D eigenvalue weighted by Crippen LogP contribution is 2.32. The van der Waals surface area contributed by atoms with Crippen LogP contribution in [-0.4, -0.2) is 44.7 Å². The average molecular weight is 412 g/mol. The summed E-state index contributed by atoms with van der Waals surface area (Å²) in [7, 11) is 1.68. The quantitative estimate of drug-likeness (QED) is 0.419. The van der Waals surface area contributed by atoms with Crippen molar-refractivity contribution in [3.63, 3.8) is 0 Å². The van der Waals surface area contributed by atoms with Gasteiger partial charge in [0.2, 0.25) is 0 Å². The number of nitrogens with zero attached hydrogens (tertiary/aromatic N) is 4. The molecule has 0 amide bonds. The van der Waals surface area contributed by atoms with Crippen molar-refractivity contribution in [2.45, 2.75) is 25.9 Å². The number of benzene rings is 1. The van der Waals surface area contributed by atoms with Crippen molar-refractivity contribution < 1.29 is 4.74 Å². The van der Waals surface area contributed by atoms with Crippen LogP contribution >= 0.6 is 11.6 Å². The molecule has 29 heavy (non-hydrogen) atoms. The predicted molar refractivity (Wildman–Crippen MR) is 115 cm³/mol. The zero-order valence-corrected chi connectivity index (χ0v) is 17.2. The lowest BCUT2D eigenvalue weighted by atomic mass is 10.1. The molecule has 9 heteroatoms. The number of nitrogens with one attached hydrogen (secondary N) is 3. The molecule has 3 aromatic heterocycles. The maximum Gasteiger partial charge on any atom is 0.162 e. The van der Waals surface area contributed by atoms with Gasteiger partial charge in [-0.3, -0.25) is 0 Å². The van der Waals surface area contributed by atoms with Gasteiger partial charge >= 0.3 is 0 Å². The fourth-order valence-corrected chi connectivity index (χ4v) is 3.53. The number of aromatic nitrogens is 5. The molecular weight excluding hydrogens is 390 g/mol. The van der Waals surface area contributed by atoms with Crippen LogP contribution < -0.4 is 10.6 Å². The minimum atomic E-state index is -0.0991. The van der Waals surface area contributed by atoms with Crippen LogP contribution in [0.25, 0.3) is 22.1 Å². The van der Waals surface area contributed by atoms with Gasteiger partial charge < -0.3 is 20.4 Å². The summed E-state index contributed by atoms with van der Waals surface area (Å²) in [5.41, 5.74) is 3.13. The number of halogens is 1. The van der Waals surface area contributed by atoms with Gasteiger partial charge in [0.15, 0.2) is 11.5 Å². The van der Waals surface area contributed by atoms with Crippen LogP contribution in [-0.2, 0) is 4.74 Å². The van der Waals surface area contributed by atoms with E-state index < -0.39 is 0 Å². The smallest absolute Gasteiger partial charge is 0.162 e. The van der Waals surface area contributed by atoms with E-state index in [9.17, 15) is 0 Å². The number of fused-ring (bicyclic) bond motifs is 2. The molecule has 3 N–H and O–H groups in total. The normalized spacial score (nSPS) is 13.5. The highest BCUT2D eigenvalue weighted by atomic mass is 35.5. The molecule has 8 nitrogen and oxygen atoms in total. The molecule has 150 valence electrons. The second kappa shape index (κ2) is 8.18. The zero-order valence-electron chi connectivity index (χ0n) is 16.4. The van der Waals surface area contributed by atoms with E-state index in [-0.39, 0.29) is 12.1 Å². The van der Waals surface area contributed by atoms with Gasteiger partial charge in [0.1, 0.15) is 17.7 Å². The Hall–Kier alpha value is -2.97. The lowest BCUT2D eigenvalue weighted by molar-refractivity contribution is 0.190. The Morgan fingerprint density at radius 3 is 2.79 bits per heavy atom. The molecule has 0 aliphatic heterocycles. The fourth-order valence-electron chi connectivity index (χ4n) is 3.30. The number of methoxy groups -OCH3 is 1. The van der Waals surface area contributed by atoms with Gasteiger partial charge in [-0.05, 0) is 26.0 Å². The number of ether oxygens (including phenoxy) is 1. The number of hydrogen-bond acceptors (Lipinski definition) is 7. The van der Waals surface area contributed by atoms with Gasteiger partial charge in [0.05, 0.1) is 29.5 Å². The van der Waals surface area contributed by atoms with Gasteiger partial charge in [-0.15, -0.1) is 0 Å². The third-order valence-corrected chi connectivity index (χ3v) is 4.97. The molecule has 4 aromatic rings. The average Bonchev–Trinajstić information content (AvgIpc) is 3.18. The molecule has 0 spiro atoms. The number of pyridine rings is 1. The largest absolute Gasteiger partial charge is 0.383 e. The van der Waals surface area contributed by atoms with Crippen molar-refractivity contribution in [3.8, 4) is 0 Å². The first-order valence-corrected chi connectivity index (χ1v) is 9.70. The molecule has 0 radical (unpaired) electrons. The molecule has 0 saturated carbocycles. The van der Waals surface area contributed by atoms with E-state index in [0.29, 0.717) is 28.6 Å². The van der Waals surface area contributed by atoms with E-state index in [1.807, 2.05) is 25.1 Å². The van der Waals surface area contributed by atoms with Crippen LogP contribution in [0.1, 0.15) is 25.5 Å². The Morgan fingerprint density at radius 2 is 1.97 bits per heavy atom. The predicted octanol–water partition coefficient (Wildman–Crippen LogP) is 4.17. The summed E-state index contributed by atoms with van der Waals surface area (Å²) in [5.74, 6) is 1.41. The Labute approximate surface area is 173 Å². The molecule has 4 rings (SSSR count). The van der Waals surface area contributed by atoms with E-state index in [4.69, 9.17) is 21.3 Å². The first kappa shape index (κ1) is 19.4. The molecule has 0 unspecified atom stereocenters. The molecule has 2 atom stereocenters. The van der Waals surface area contributed by atoms with Crippen LogP contribution in [0.5, 0.6) is 0 Å². The highest BCUT2D eigenvalue weighted by Gasteiger charge is 2.18. The standard InChI is InChI=1S/C20H22ClN7O/c1-11(8-29-3)26-18-14(7-13-5-4-6-15(21)16(13)28-18)12(2)27-20-17-19(23-9-22-17)24-10-25-20/h4-7,9-12H,8H2,1-3H3,(H,26,28)(H2,22,23,24,25,27)/t11-,12+/m1/s1. The number of rotatable bonds is 7. The summed E-state index contributed by atoms with van der Waals surface area (Å²) in [4.78, 5) is 20.7. The first-order chi connectivity index (χ1) is 14.1. The third-order valence-electron chi connectivity index (χ3n) is 4.66. The van der Waals surface area contributed by atoms with Crippen LogP contribution in [0.15, 0.2) is 36.9 Å². The summed E-state index contributed by atoms with van der Waals surface area (Å²) in [6.45, 7) is 4.66. The topological polar surface area (TPSA) is 101 Å². The van der Waals surface area contributed by atoms with E-state index in [1.165, 1.54) is 6.33 Å². The van der Waals surface area contributed by atoms with Crippen molar-refractivity contribution in [1.29, 1.82) is 0 Å². The van der Waals surface area contributed by atoms with Gasteiger partial charge in [0.25, 0.3) is 0 Å². The van der Waals surface area contributed by atoms with Crippen molar-refractivity contribution in [3.05, 3.63) is 47.5 Å². The van der Waals surface area contributed by atoms with E-state index >= 15 is 0 Å². The molecule has 3 heterocycles. The molecule has 1 aromatic carbocycles. The summed E-state index contributed by atoms with van der Waals surface area (Å²) < 4.78 is 5.26. The van der Waals surface area contributed by atoms with E-state index in [1.54, 1.807) is 13.4 Å². The lowest BCUT2D eigenvalue weighted by Crippen LogP contribution is -2.23. The molecule has 0 saturated heterocycles. The fraction of sp³-hybridized carbons (Fsp3) is 0.300. The Morgan fingerprint density at radius 1 is 1.10 bits per heavy atom. The van der Waals surface area contributed by atoms with Gasteiger partial charge in [-0.25, -0.2) is 19.9 Å². The van der Waals surface area contributed by atoms with Gasteiger partial charge in [0, 0.05) is 24.1 Å². The maximum absolute atomic E-state index is 6.38. The zero-order chi connectivity index (χ0) is 20.4. The molecular formula is C20H22ClN7O. The van der Waals surface area contributed by atoms with Crippen molar-refractivity contribution in [1.82, 2.24) is 24.9 Å². The summed E-state index contributed by atoms with van der Waals surface area (Å²) in [5, 5.41) is 8.46. The SMILES string of the molecule is COC[C@@H](C)Nc1nc2c(Cl)cccc2cc1[C@H](C)Nc1ncnc2[nH]cnc12. The van der Waals surface area contributed by atoms with E-state index in [2.05, 4.69) is 43.6 Å². The monoisotopic (exact) mass is 411 g/mol. The molecule has 0 bridgehead atoms. The van der Waals surface area contributed by atoms with Crippen molar-refractivity contribution in [2.24, 2.45) is 0 Å². The number of hydrogen-bond donors (Lipinski definition) is 3.